The molecule has 0 saturated heterocycles. The number of halogens is 2. The summed E-state index contributed by atoms with van der Waals surface area (Å²) in [6.07, 6.45) is 0.000625. The Hall–Kier alpha value is -1.49. The highest BCUT2D eigenvalue weighted by Gasteiger charge is 2.18. The maximum absolute atomic E-state index is 12.9. The van der Waals surface area contributed by atoms with E-state index >= 15 is 0 Å². The second kappa shape index (κ2) is 5.23. The van der Waals surface area contributed by atoms with Crippen molar-refractivity contribution in [2.75, 3.05) is 6.54 Å². The molecule has 94 valence electrons. The van der Waals surface area contributed by atoms with Crippen molar-refractivity contribution in [1.82, 2.24) is 5.32 Å². The maximum Gasteiger partial charge on any atom is 0.224 e. The van der Waals surface area contributed by atoms with Gasteiger partial charge in [0.1, 0.15) is 0 Å². The van der Waals surface area contributed by atoms with Gasteiger partial charge < -0.3 is 11.1 Å². The molecule has 0 unspecified atom stereocenters. The summed E-state index contributed by atoms with van der Waals surface area (Å²) in [5.41, 5.74) is 5.39. The van der Waals surface area contributed by atoms with Gasteiger partial charge in [-0.15, -0.1) is 0 Å². The first-order chi connectivity index (χ1) is 7.84. The van der Waals surface area contributed by atoms with Crippen LogP contribution in [0.15, 0.2) is 18.2 Å². The van der Waals surface area contributed by atoms with E-state index in [9.17, 15) is 13.6 Å². The zero-order valence-corrected chi connectivity index (χ0v) is 9.89. The molecule has 0 aliphatic rings. The van der Waals surface area contributed by atoms with Crippen LogP contribution in [-0.2, 0) is 11.2 Å². The third kappa shape index (κ3) is 4.11. The van der Waals surface area contributed by atoms with Gasteiger partial charge in [0.15, 0.2) is 11.6 Å². The third-order valence-electron chi connectivity index (χ3n) is 2.34. The summed E-state index contributed by atoms with van der Waals surface area (Å²) in [5.74, 6) is -2.14. The molecule has 0 radical (unpaired) electrons. The zero-order chi connectivity index (χ0) is 13.1. The fourth-order valence-corrected chi connectivity index (χ4v) is 1.31. The van der Waals surface area contributed by atoms with Crippen LogP contribution in [0.3, 0.4) is 0 Å². The van der Waals surface area contributed by atoms with Crippen molar-refractivity contribution in [3.8, 4) is 0 Å². The van der Waals surface area contributed by atoms with Gasteiger partial charge in [0.2, 0.25) is 5.91 Å². The summed E-state index contributed by atoms with van der Waals surface area (Å²) in [7, 11) is 0. The van der Waals surface area contributed by atoms with Crippen molar-refractivity contribution >= 4 is 5.91 Å². The van der Waals surface area contributed by atoms with Crippen molar-refractivity contribution in [2.45, 2.75) is 25.8 Å². The molecule has 0 bridgehead atoms. The van der Waals surface area contributed by atoms with E-state index in [1.54, 1.807) is 13.8 Å². The van der Waals surface area contributed by atoms with E-state index in [0.717, 1.165) is 12.1 Å². The van der Waals surface area contributed by atoms with Crippen molar-refractivity contribution in [3.63, 3.8) is 0 Å². The third-order valence-corrected chi connectivity index (χ3v) is 2.34. The topological polar surface area (TPSA) is 55.1 Å². The number of nitrogens with two attached hydrogens (primary N) is 1. The first-order valence-corrected chi connectivity index (χ1v) is 5.29. The normalized spacial score (nSPS) is 11.4. The molecule has 0 fully saturated rings. The molecule has 3 nitrogen and oxygen atoms in total. The highest BCUT2D eigenvalue weighted by atomic mass is 19.2. The molecule has 0 atom stereocenters. The maximum atomic E-state index is 12.9. The van der Waals surface area contributed by atoms with Gasteiger partial charge >= 0.3 is 0 Å². The van der Waals surface area contributed by atoms with Crippen molar-refractivity contribution < 1.29 is 13.6 Å². The summed E-state index contributed by atoms with van der Waals surface area (Å²) in [4.78, 5) is 11.6. The Labute approximate surface area is 99.0 Å². The number of carbonyl (C=O) groups excluding carboxylic acids is 1. The predicted molar refractivity (Wildman–Crippen MR) is 61.3 cm³/mol. The van der Waals surface area contributed by atoms with E-state index in [-0.39, 0.29) is 12.3 Å². The molecule has 3 N–H and O–H groups in total. The molecular formula is C12H16F2N2O. The highest BCUT2D eigenvalue weighted by molar-refractivity contribution is 5.79. The summed E-state index contributed by atoms with van der Waals surface area (Å²) in [5, 5.41) is 2.71. The molecule has 1 rings (SSSR count). The number of hydrogen-bond donors (Lipinski definition) is 2. The van der Waals surface area contributed by atoms with Gasteiger partial charge in [0, 0.05) is 12.1 Å². The molecule has 0 aromatic heterocycles. The molecule has 1 aromatic carbocycles. The van der Waals surface area contributed by atoms with Gasteiger partial charge in [0.05, 0.1) is 6.42 Å². The van der Waals surface area contributed by atoms with Gasteiger partial charge in [-0.1, -0.05) is 6.07 Å². The monoisotopic (exact) mass is 242 g/mol. The number of carbonyl (C=O) groups is 1. The average molecular weight is 242 g/mol. The molecule has 0 aliphatic carbocycles. The fourth-order valence-electron chi connectivity index (χ4n) is 1.31. The quantitative estimate of drug-likeness (QED) is 0.837. The minimum Gasteiger partial charge on any atom is -0.350 e. The molecule has 0 spiro atoms. The molecule has 17 heavy (non-hydrogen) atoms. The van der Waals surface area contributed by atoms with Crippen molar-refractivity contribution in [2.24, 2.45) is 5.73 Å². The van der Waals surface area contributed by atoms with Crippen LogP contribution in [-0.4, -0.2) is 18.0 Å². The lowest BCUT2D eigenvalue weighted by atomic mass is 10.0. The molecule has 5 heteroatoms. The number of hydrogen-bond acceptors (Lipinski definition) is 2. The first kappa shape index (κ1) is 13.6. The highest BCUT2D eigenvalue weighted by Crippen LogP contribution is 2.09. The Kier molecular flexibility index (Phi) is 4.17. The summed E-state index contributed by atoms with van der Waals surface area (Å²) in [6, 6.07) is 3.41. The van der Waals surface area contributed by atoms with Gasteiger partial charge in [-0.3, -0.25) is 4.79 Å². The largest absolute Gasteiger partial charge is 0.350 e. The first-order valence-electron chi connectivity index (χ1n) is 5.29. The summed E-state index contributed by atoms with van der Waals surface area (Å²) >= 11 is 0. The van der Waals surface area contributed by atoms with Gasteiger partial charge in [-0.05, 0) is 31.5 Å². The van der Waals surface area contributed by atoms with E-state index in [2.05, 4.69) is 5.32 Å². The second-order valence-electron chi connectivity index (χ2n) is 4.56. The Morgan fingerprint density at radius 3 is 2.53 bits per heavy atom. The van der Waals surface area contributed by atoms with Crippen molar-refractivity contribution in [1.29, 1.82) is 0 Å². The minimum absolute atomic E-state index is 0.000625. The van der Waals surface area contributed by atoms with Gasteiger partial charge in [-0.2, -0.15) is 0 Å². The zero-order valence-electron chi connectivity index (χ0n) is 9.89. The van der Waals surface area contributed by atoms with Crippen LogP contribution in [0, 0.1) is 11.6 Å². The molecule has 0 heterocycles. The van der Waals surface area contributed by atoms with E-state index in [0.29, 0.717) is 12.1 Å². The Bertz CT molecular complexity index is 419. The lowest BCUT2D eigenvalue weighted by Gasteiger charge is -2.24. The fraction of sp³-hybridized carbons (Fsp3) is 0.417. The smallest absolute Gasteiger partial charge is 0.224 e. The summed E-state index contributed by atoms with van der Waals surface area (Å²) < 4.78 is 25.6. The van der Waals surface area contributed by atoms with Crippen LogP contribution in [0.4, 0.5) is 8.78 Å². The van der Waals surface area contributed by atoms with Crippen molar-refractivity contribution in [3.05, 3.63) is 35.4 Å². The predicted octanol–water partition coefficient (Wildman–Crippen LogP) is 1.36. The molecule has 0 saturated carbocycles. The lowest BCUT2D eigenvalue weighted by molar-refractivity contribution is -0.121. The van der Waals surface area contributed by atoms with E-state index < -0.39 is 17.2 Å². The Morgan fingerprint density at radius 1 is 1.35 bits per heavy atom. The molecule has 1 aromatic rings. The summed E-state index contributed by atoms with van der Waals surface area (Å²) in [6.45, 7) is 3.88. The number of amides is 1. The average Bonchev–Trinajstić information content (AvgIpc) is 2.23. The Balaban J connectivity index is 2.65. The SMILES string of the molecule is CC(C)(CN)NC(=O)Cc1ccc(F)c(F)c1. The number of benzene rings is 1. The molecule has 0 aliphatic heterocycles. The second-order valence-corrected chi connectivity index (χ2v) is 4.56. The number of rotatable bonds is 4. The molecule has 1 amide bonds. The van der Waals surface area contributed by atoms with Crippen LogP contribution < -0.4 is 11.1 Å². The van der Waals surface area contributed by atoms with Crippen LogP contribution in [0.5, 0.6) is 0 Å². The van der Waals surface area contributed by atoms with Crippen LogP contribution in [0.2, 0.25) is 0 Å². The minimum atomic E-state index is -0.951. The van der Waals surface area contributed by atoms with E-state index in [4.69, 9.17) is 5.73 Å². The lowest BCUT2D eigenvalue weighted by Crippen LogP contribution is -2.49. The standard InChI is InChI=1S/C12H16F2N2O/c1-12(2,7-15)16-11(17)6-8-3-4-9(13)10(14)5-8/h3-5H,6-7,15H2,1-2H3,(H,16,17). The van der Waals surface area contributed by atoms with E-state index in [1.807, 2.05) is 0 Å². The van der Waals surface area contributed by atoms with Gasteiger partial charge in [-0.25, -0.2) is 8.78 Å². The van der Waals surface area contributed by atoms with Crippen LogP contribution in [0.25, 0.3) is 0 Å². The Morgan fingerprint density at radius 2 is 2.00 bits per heavy atom. The van der Waals surface area contributed by atoms with E-state index in [1.165, 1.54) is 6.07 Å². The number of nitrogens with one attached hydrogen (secondary N) is 1. The molecular weight excluding hydrogens is 226 g/mol. The van der Waals surface area contributed by atoms with Crippen LogP contribution >= 0.6 is 0 Å². The van der Waals surface area contributed by atoms with Gasteiger partial charge in [0.25, 0.3) is 0 Å². The van der Waals surface area contributed by atoms with Crippen LogP contribution in [0.1, 0.15) is 19.4 Å².